The molecule has 0 atom stereocenters. The molecule has 3 aromatic carbocycles. The highest BCUT2D eigenvalue weighted by molar-refractivity contribution is 6.31. The standard InChI is InChI=1S/C21H17ClN4O2/c1-27-18-10-9-14(22)11-16(18)26-20-19(23)21(25-12-24-20)28-17-8-4-6-13-5-2-3-7-15(13)17/h2-12H,23H2,1H3,(H,24,25,26). The van der Waals surface area contributed by atoms with E-state index in [1.807, 2.05) is 42.5 Å². The van der Waals surface area contributed by atoms with Crippen LogP contribution in [0.5, 0.6) is 17.4 Å². The number of halogens is 1. The van der Waals surface area contributed by atoms with Crippen molar-refractivity contribution in [2.24, 2.45) is 0 Å². The molecule has 140 valence electrons. The van der Waals surface area contributed by atoms with Gasteiger partial charge in [-0.15, -0.1) is 0 Å². The van der Waals surface area contributed by atoms with E-state index < -0.39 is 0 Å². The van der Waals surface area contributed by atoms with Gasteiger partial charge in [-0.25, -0.2) is 4.98 Å². The normalized spacial score (nSPS) is 10.6. The average Bonchev–Trinajstić information content (AvgIpc) is 2.71. The maximum atomic E-state index is 6.27. The van der Waals surface area contributed by atoms with Crippen molar-refractivity contribution in [2.45, 2.75) is 0 Å². The number of rotatable bonds is 5. The highest BCUT2D eigenvalue weighted by Gasteiger charge is 2.14. The zero-order chi connectivity index (χ0) is 19.5. The lowest BCUT2D eigenvalue weighted by Gasteiger charge is -2.14. The molecule has 0 amide bonds. The van der Waals surface area contributed by atoms with Crippen molar-refractivity contribution < 1.29 is 9.47 Å². The van der Waals surface area contributed by atoms with Gasteiger partial charge in [0.15, 0.2) is 5.82 Å². The molecule has 0 spiro atoms. The lowest BCUT2D eigenvalue weighted by Crippen LogP contribution is -2.04. The van der Waals surface area contributed by atoms with Gasteiger partial charge < -0.3 is 20.5 Å². The molecule has 4 aromatic rings. The molecule has 6 nitrogen and oxygen atoms in total. The number of nitrogens with one attached hydrogen (secondary N) is 1. The van der Waals surface area contributed by atoms with Gasteiger partial charge in [0.1, 0.15) is 23.5 Å². The number of nitrogen functional groups attached to an aromatic ring is 1. The fourth-order valence-electron chi connectivity index (χ4n) is 2.85. The van der Waals surface area contributed by atoms with Crippen LogP contribution in [-0.4, -0.2) is 17.1 Å². The molecule has 0 radical (unpaired) electrons. The molecule has 0 aliphatic rings. The van der Waals surface area contributed by atoms with Crippen LogP contribution in [0, 0.1) is 0 Å². The fraction of sp³-hybridized carbons (Fsp3) is 0.0476. The first-order valence-electron chi connectivity index (χ1n) is 8.52. The van der Waals surface area contributed by atoms with Crippen LogP contribution in [0.25, 0.3) is 10.8 Å². The lowest BCUT2D eigenvalue weighted by molar-refractivity contribution is 0.417. The van der Waals surface area contributed by atoms with Crippen LogP contribution in [0.2, 0.25) is 5.02 Å². The van der Waals surface area contributed by atoms with Gasteiger partial charge >= 0.3 is 0 Å². The third kappa shape index (κ3) is 3.50. The number of hydrogen-bond acceptors (Lipinski definition) is 6. The molecule has 0 unspecified atom stereocenters. The molecule has 0 aliphatic heterocycles. The van der Waals surface area contributed by atoms with Crippen molar-refractivity contribution in [2.75, 3.05) is 18.2 Å². The number of nitrogens with zero attached hydrogens (tertiary/aromatic N) is 2. The third-order valence-corrected chi connectivity index (χ3v) is 4.45. The SMILES string of the molecule is COc1ccc(Cl)cc1Nc1ncnc(Oc2cccc3ccccc23)c1N. The average molecular weight is 393 g/mol. The van der Waals surface area contributed by atoms with Crippen molar-refractivity contribution in [3.63, 3.8) is 0 Å². The van der Waals surface area contributed by atoms with Gasteiger partial charge in [0.05, 0.1) is 12.8 Å². The minimum absolute atomic E-state index is 0.259. The highest BCUT2D eigenvalue weighted by Crippen LogP contribution is 2.36. The minimum Gasteiger partial charge on any atom is -0.495 e. The van der Waals surface area contributed by atoms with Crippen LogP contribution in [-0.2, 0) is 0 Å². The molecular formula is C21H17ClN4O2. The summed E-state index contributed by atoms with van der Waals surface area (Å²) in [6.45, 7) is 0. The Labute approximate surface area is 166 Å². The maximum Gasteiger partial charge on any atom is 0.248 e. The Morgan fingerprint density at radius 2 is 1.79 bits per heavy atom. The zero-order valence-corrected chi connectivity index (χ0v) is 15.8. The number of aromatic nitrogens is 2. The summed E-state index contributed by atoms with van der Waals surface area (Å²) in [4.78, 5) is 8.40. The van der Waals surface area contributed by atoms with Crippen molar-refractivity contribution in [1.29, 1.82) is 0 Å². The topological polar surface area (TPSA) is 82.3 Å². The second-order valence-electron chi connectivity index (χ2n) is 5.99. The molecule has 0 bridgehead atoms. The second kappa shape index (κ2) is 7.62. The van der Waals surface area contributed by atoms with Crippen LogP contribution < -0.4 is 20.5 Å². The molecule has 4 rings (SSSR count). The number of ether oxygens (including phenoxy) is 2. The number of methoxy groups -OCH3 is 1. The van der Waals surface area contributed by atoms with Crippen LogP contribution in [0.3, 0.4) is 0 Å². The van der Waals surface area contributed by atoms with Crippen LogP contribution >= 0.6 is 11.6 Å². The summed E-state index contributed by atoms with van der Waals surface area (Å²) in [5, 5.41) is 5.72. The molecular weight excluding hydrogens is 376 g/mol. The van der Waals surface area contributed by atoms with Crippen LogP contribution in [0.1, 0.15) is 0 Å². The Kier molecular flexibility index (Phi) is 4.87. The summed E-state index contributed by atoms with van der Waals surface area (Å²) in [6, 6.07) is 19.0. The van der Waals surface area contributed by atoms with Crippen molar-refractivity contribution in [3.8, 4) is 17.4 Å². The van der Waals surface area contributed by atoms with Gasteiger partial charge in [-0.05, 0) is 29.7 Å². The van der Waals surface area contributed by atoms with E-state index in [0.717, 1.165) is 10.8 Å². The van der Waals surface area contributed by atoms with E-state index in [4.69, 9.17) is 26.8 Å². The number of fused-ring (bicyclic) bond motifs is 1. The van der Waals surface area contributed by atoms with Gasteiger partial charge in [0.2, 0.25) is 5.88 Å². The van der Waals surface area contributed by atoms with E-state index in [0.29, 0.717) is 28.0 Å². The third-order valence-electron chi connectivity index (χ3n) is 4.22. The van der Waals surface area contributed by atoms with Crippen LogP contribution in [0.4, 0.5) is 17.2 Å². The Balaban J connectivity index is 1.68. The number of anilines is 3. The van der Waals surface area contributed by atoms with E-state index >= 15 is 0 Å². The molecule has 1 aromatic heterocycles. The molecule has 28 heavy (non-hydrogen) atoms. The molecule has 0 aliphatic carbocycles. The highest BCUT2D eigenvalue weighted by atomic mass is 35.5. The van der Waals surface area contributed by atoms with Gasteiger partial charge in [-0.2, -0.15) is 4.98 Å². The predicted molar refractivity (Wildman–Crippen MR) is 112 cm³/mol. The predicted octanol–water partition coefficient (Wildman–Crippen LogP) is 5.41. The van der Waals surface area contributed by atoms with Gasteiger partial charge in [0.25, 0.3) is 0 Å². The van der Waals surface area contributed by atoms with E-state index in [1.54, 1.807) is 25.3 Å². The minimum atomic E-state index is 0.259. The van der Waals surface area contributed by atoms with E-state index in [-0.39, 0.29) is 11.6 Å². The summed E-state index contributed by atoms with van der Waals surface area (Å²) < 4.78 is 11.4. The van der Waals surface area contributed by atoms with Crippen molar-refractivity contribution in [3.05, 3.63) is 72.0 Å². The molecule has 0 saturated carbocycles. The molecule has 0 saturated heterocycles. The first kappa shape index (κ1) is 17.9. The zero-order valence-electron chi connectivity index (χ0n) is 15.0. The Hall–Kier alpha value is -3.51. The fourth-order valence-corrected chi connectivity index (χ4v) is 3.03. The number of nitrogens with two attached hydrogens (primary N) is 1. The molecule has 1 heterocycles. The molecule has 0 fully saturated rings. The summed E-state index contributed by atoms with van der Waals surface area (Å²) >= 11 is 6.09. The summed E-state index contributed by atoms with van der Waals surface area (Å²) in [5.74, 6) is 1.93. The monoisotopic (exact) mass is 392 g/mol. The van der Waals surface area contributed by atoms with Gasteiger partial charge in [0, 0.05) is 10.4 Å². The smallest absolute Gasteiger partial charge is 0.248 e. The second-order valence-corrected chi connectivity index (χ2v) is 6.43. The van der Waals surface area contributed by atoms with E-state index in [1.165, 1.54) is 6.33 Å². The largest absolute Gasteiger partial charge is 0.495 e. The summed E-state index contributed by atoms with van der Waals surface area (Å²) in [7, 11) is 1.58. The van der Waals surface area contributed by atoms with Gasteiger partial charge in [-0.1, -0.05) is 48.0 Å². The first-order valence-corrected chi connectivity index (χ1v) is 8.90. The van der Waals surface area contributed by atoms with Crippen molar-refractivity contribution in [1.82, 2.24) is 9.97 Å². The molecule has 7 heteroatoms. The van der Waals surface area contributed by atoms with E-state index in [2.05, 4.69) is 15.3 Å². The quantitative estimate of drug-likeness (QED) is 0.472. The summed E-state index contributed by atoms with van der Waals surface area (Å²) in [6.07, 6.45) is 1.39. The maximum absolute atomic E-state index is 6.27. The Morgan fingerprint density at radius 3 is 2.64 bits per heavy atom. The summed E-state index contributed by atoms with van der Waals surface area (Å²) in [5.41, 5.74) is 7.18. The van der Waals surface area contributed by atoms with Gasteiger partial charge in [-0.3, -0.25) is 0 Å². The number of benzene rings is 3. The molecule has 3 N–H and O–H groups in total. The number of hydrogen-bond donors (Lipinski definition) is 2. The van der Waals surface area contributed by atoms with Crippen LogP contribution in [0.15, 0.2) is 67.0 Å². The Bertz CT molecular complexity index is 1150. The van der Waals surface area contributed by atoms with E-state index in [9.17, 15) is 0 Å². The lowest BCUT2D eigenvalue weighted by atomic mass is 10.1. The Morgan fingerprint density at radius 1 is 0.964 bits per heavy atom. The first-order chi connectivity index (χ1) is 13.7. The van der Waals surface area contributed by atoms with Crippen molar-refractivity contribution >= 4 is 39.6 Å².